The molecule has 2 aliphatic rings. The fourth-order valence-electron chi connectivity index (χ4n) is 3.66. The summed E-state index contributed by atoms with van der Waals surface area (Å²) < 4.78 is 0. The van der Waals surface area contributed by atoms with Crippen LogP contribution in [-0.2, 0) is 11.2 Å². The number of aromatic amines is 1. The average molecular weight is 331 g/mol. The smallest absolute Gasteiger partial charge is 0.268 e. The summed E-state index contributed by atoms with van der Waals surface area (Å²) in [5, 5.41) is 2.98. The molecule has 2 N–H and O–H groups in total. The van der Waals surface area contributed by atoms with E-state index in [0.29, 0.717) is 30.6 Å². The molecule has 0 aromatic carbocycles. The number of carbonyl (C=O) groups excluding carboxylic acids is 3. The van der Waals surface area contributed by atoms with Gasteiger partial charge in [0.25, 0.3) is 5.91 Å². The van der Waals surface area contributed by atoms with Crippen molar-refractivity contribution in [3.63, 3.8) is 0 Å². The number of carbonyl (C=O) groups is 3. The van der Waals surface area contributed by atoms with E-state index in [-0.39, 0.29) is 23.6 Å². The van der Waals surface area contributed by atoms with Gasteiger partial charge in [-0.15, -0.1) is 0 Å². The number of Topliss-reactive ketones (excluding diaryl/α,β-unsaturated/α-hetero) is 1. The summed E-state index contributed by atoms with van der Waals surface area (Å²) in [6, 6.07) is -0.0265. The first-order chi connectivity index (χ1) is 11.5. The van der Waals surface area contributed by atoms with E-state index < -0.39 is 0 Å². The number of aromatic nitrogens is 1. The third-order valence-electron chi connectivity index (χ3n) is 5.05. The molecular formula is C18H25N3O3. The van der Waals surface area contributed by atoms with Crippen molar-refractivity contribution in [2.24, 2.45) is 0 Å². The Hall–Kier alpha value is -2.11. The molecule has 2 amide bonds. The first-order valence-corrected chi connectivity index (χ1v) is 8.80. The quantitative estimate of drug-likeness (QED) is 0.865. The lowest BCUT2D eigenvalue weighted by Gasteiger charge is -2.19. The number of nitrogens with one attached hydrogen (secondary N) is 2. The standard InChI is InChI=1S/C18H25N3O3/c1-11(8-10-21-9-4-7-15(21)23)19-18(24)17-12(2)16-13(20-17)5-3-6-14(16)22/h11,20H,3-10H2,1-2H3,(H,19,24)/t11-/m1/s1. The lowest BCUT2D eigenvalue weighted by Crippen LogP contribution is -2.37. The zero-order valence-corrected chi connectivity index (χ0v) is 14.4. The number of H-pyrrole nitrogens is 1. The van der Waals surface area contributed by atoms with Gasteiger partial charge < -0.3 is 15.2 Å². The van der Waals surface area contributed by atoms with Crippen LogP contribution in [0.3, 0.4) is 0 Å². The monoisotopic (exact) mass is 331 g/mol. The fraction of sp³-hybridized carbons (Fsp3) is 0.611. The molecule has 130 valence electrons. The van der Waals surface area contributed by atoms with Crippen LogP contribution in [0.2, 0.25) is 0 Å². The Morgan fingerprint density at radius 2 is 2.04 bits per heavy atom. The van der Waals surface area contributed by atoms with Crippen LogP contribution in [0.4, 0.5) is 0 Å². The Balaban J connectivity index is 1.60. The van der Waals surface area contributed by atoms with Crippen LogP contribution >= 0.6 is 0 Å². The molecule has 1 saturated heterocycles. The second kappa shape index (κ2) is 6.79. The second-order valence-electron chi connectivity index (χ2n) is 6.90. The number of hydrogen-bond donors (Lipinski definition) is 2. The molecule has 0 bridgehead atoms. The van der Waals surface area contributed by atoms with Gasteiger partial charge in [-0.25, -0.2) is 0 Å². The first-order valence-electron chi connectivity index (χ1n) is 8.80. The van der Waals surface area contributed by atoms with Gasteiger partial charge in [0, 0.05) is 43.2 Å². The molecule has 1 aromatic rings. The van der Waals surface area contributed by atoms with Crippen molar-refractivity contribution in [3.8, 4) is 0 Å². The minimum atomic E-state index is -0.171. The zero-order valence-electron chi connectivity index (χ0n) is 14.4. The Morgan fingerprint density at radius 1 is 1.25 bits per heavy atom. The van der Waals surface area contributed by atoms with E-state index in [1.165, 1.54) is 0 Å². The van der Waals surface area contributed by atoms with Crippen LogP contribution in [0.1, 0.15) is 71.1 Å². The van der Waals surface area contributed by atoms with Gasteiger partial charge in [0.15, 0.2) is 5.78 Å². The zero-order chi connectivity index (χ0) is 17.3. The number of fused-ring (bicyclic) bond motifs is 1. The molecule has 24 heavy (non-hydrogen) atoms. The Labute approximate surface area is 142 Å². The SMILES string of the molecule is Cc1c(C(=O)N[C@H](C)CCN2CCCC2=O)[nH]c2c1C(=O)CCC2. The lowest BCUT2D eigenvalue weighted by molar-refractivity contribution is -0.127. The number of rotatable bonds is 5. The molecule has 1 fully saturated rings. The van der Waals surface area contributed by atoms with Crippen LogP contribution in [0.15, 0.2) is 0 Å². The van der Waals surface area contributed by atoms with Gasteiger partial charge in [-0.1, -0.05) is 0 Å². The van der Waals surface area contributed by atoms with Gasteiger partial charge in [-0.2, -0.15) is 0 Å². The van der Waals surface area contributed by atoms with E-state index in [1.807, 2.05) is 18.7 Å². The molecule has 0 unspecified atom stereocenters. The number of hydrogen-bond acceptors (Lipinski definition) is 3. The van der Waals surface area contributed by atoms with Crippen molar-refractivity contribution in [2.75, 3.05) is 13.1 Å². The van der Waals surface area contributed by atoms with E-state index in [4.69, 9.17) is 0 Å². The molecular weight excluding hydrogens is 306 g/mol. The number of amides is 2. The minimum Gasteiger partial charge on any atom is -0.354 e. The van der Waals surface area contributed by atoms with Crippen LogP contribution < -0.4 is 5.32 Å². The van der Waals surface area contributed by atoms with Crippen molar-refractivity contribution < 1.29 is 14.4 Å². The molecule has 1 aliphatic heterocycles. The van der Waals surface area contributed by atoms with E-state index in [2.05, 4.69) is 10.3 Å². The summed E-state index contributed by atoms with van der Waals surface area (Å²) in [6.07, 6.45) is 4.53. The van der Waals surface area contributed by atoms with Crippen molar-refractivity contribution in [1.29, 1.82) is 0 Å². The number of ketones is 1. The molecule has 1 aromatic heterocycles. The highest BCUT2D eigenvalue weighted by atomic mass is 16.2. The molecule has 6 nitrogen and oxygen atoms in total. The lowest BCUT2D eigenvalue weighted by atomic mass is 9.94. The highest BCUT2D eigenvalue weighted by Gasteiger charge is 2.27. The van der Waals surface area contributed by atoms with E-state index >= 15 is 0 Å². The third-order valence-corrected chi connectivity index (χ3v) is 5.05. The summed E-state index contributed by atoms with van der Waals surface area (Å²) in [5.74, 6) is 0.166. The molecule has 3 rings (SSSR count). The van der Waals surface area contributed by atoms with Crippen molar-refractivity contribution in [1.82, 2.24) is 15.2 Å². The first kappa shape index (κ1) is 16.7. The molecule has 0 spiro atoms. The summed E-state index contributed by atoms with van der Waals surface area (Å²) in [7, 11) is 0. The maximum atomic E-state index is 12.5. The summed E-state index contributed by atoms with van der Waals surface area (Å²) in [4.78, 5) is 41.2. The third kappa shape index (κ3) is 3.23. The van der Waals surface area contributed by atoms with Crippen molar-refractivity contribution in [3.05, 3.63) is 22.5 Å². The second-order valence-corrected chi connectivity index (χ2v) is 6.90. The number of likely N-dealkylation sites (tertiary alicyclic amines) is 1. The Morgan fingerprint density at radius 3 is 2.71 bits per heavy atom. The van der Waals surface area contributed by atoms with Crippen LogP contribution in [-0.4, -0.2) is 46.6 Å². The maximum Gasteiger partial charge on any atom is 0.268 e. The Bertz CT molecular complexity index is 677. The minimum absolute atomic E-state index is 0.0265. The van der Waals surface area contributed by atoms with E-state index in [9.17, 15) is 14.4 Å². The van der Waals surface area contributed by atoms with Crippen molar-refractivity contribution in [2.45, 2.75) is 58.4 Å². The molecule has 0 radical (unpaired) electrons. The summed E-state index contributed by atoms with van der Waals surface area (Å²) in [6.45, 7) is 5.28. The van der Waals surface area contributed by atoms with Crippen LogP contribution in [0, 0.1) is 6.92 Å². The predicted molar refractivity (Wildman–Crippen MR) is 90.2 cm³/mol. The largest absolute Gasteiger partial charge is 0.354 e. The molecule has 1 atom stereocenters. The molecule has 2 heterocycles. The summed E-state index contributed by atoms with van der Waals surface area (Å²) in [5.41, 5.74) is 2.86. The average Bonchev–Trinajstić information content (AvgIpc) is 3.09. The predicted octanol–water partition coefficient (Wildman–Crippen LogP) is 1.97. The number of aryl methyl sites for hydroxylation is 1. The van der Waals surface area contributed by atoms with Crippen LogP contribution in [0.5, 0.6) is 0 Å². The van der Waals surface area contributed by atoms with Gasteiger partial charge in [0.05, 0.1) is 0 Å². The summed E-state index contributed by atoms with van der Waals surface area (Å²) >= 11 is 0. The molecule has 6 heteroatoms. The van der Waals surface area contributed by atoms with Gasteiger partial charge in [-0.3, -0.25) is 14.4 Å². The highest BCUT2D eigenvalue weighted by molar-refractivity contribution is 6.04. The molecule has 0 saturated carbocycles. The molecule has 1 aliphatic carbocycles. The van der Waals surface area contributed by atoms with Crippen LogP contribution in [0.25, 0.3) is 0 Å². The van der Waals surface area contributed by atoms with Gasteiger partial charge >= 0.3 is 0 Å². The Kier molecular flexibility index (Phi) is 4.73. The van der Waals surface area contributed by atoms with Crippen molar-refractivity contribution >= 4 is 17.6 Å². The fourth-order valence-corrected chi connectivity index (χ4v) is 3.66. The van der Waals surface area contributed by atoms with E-state index in [1.54, 1.807) is 0 Å². The topological polar surface area (TPSA) is 82.3 Å². The maximum absolute atomic E-state index is 12.5. The van der Waals surface area contributed by atoms with E-state index in [0.717, 1.165) is 43.5 Å². The van der Waals surface area contributed by atoms with Gasteiger partial charge in [-0.05, 0) is 45.1 Å². The normalized spacial score (nSPS) is 18.7. The number of nitrogens with zero attached hydrogens (tertiary/aromatic N) is 1. The highest BCUT2D eigenvalue weighted by Crippen LogP contribution is 2.26. The van der Waals surface area contributed by atoms with Gasteiger partial charge in [0.1, 0.15) is 5.69 Å². The van der Waals surface area contributed by atoms with Gasteiger partial charge in [0.2, 0.25) is 5.91 Å².